The number of carbonyl (C=O) groups is 1. The van der Waals surface area contributed by atoms with Crippen LogP contribution in [0, 0.1) is 5.92 Å². The second-order valence-corrected chi connectivity index (χ2v) is 9.96. The standard InChI is InChI=1S/C23H28N2O5S/c1-16(2)23(17-6-11-20-21(15-17)30-14-4-13-29-20)24-31(27,28)19-9-7-18(8-10-19)25-12-3-5-22(25)26/h6-11,15-16,23-24H,3-5,12-14H2,1-2H3. The van der Waals surface area contributed by atoms with Gasteiger partial charge in [0.15, 0.2) is 11.5 Å². The molecule has 7 nitrogen and oxygen atoms in total. The van der Waals surface area contributed by atoms with Crippen molar-refractivity contribution >= 4 is 21.6 Å². The monoisotopic (exact) mass is 444 g/mol. The molecule has 31 heavy (non-hydrogen) atoms. The molecular formula is C23H28N2O5S. The van der Waals surface area contributed by atoms with E-state index in [2.05, 4.69) is 4.72 Å². The number of hydrogen-bond donors (Lipinski definition) is 1. The van der Waals surface area contributed by atoms with Crippen LogP contribution in [0.1, 0.15) is 44.7 Å². The van der Waals surface area contributed by atoms with Crippen molar-refractivity contribution in [3.63, 3.8) is 0 Å². The summed E-state index contributed by atoms with van der Waals surface area (Å²) in [6.07, 6.45) is 2.17. The first kappa shape index (κ1) is 21.6. The molecule has 2 aromatic rings. The van der Waals surface area contributed by atoms with Gasteiger partial charge in [-0.25, -0.2) is 13.1 Å². The zero-order valence-corrected chi connectivity index (χ0v) is 18.7. The van der Waals surface area contributed by atoms with Crippen LogP contribution < -0.4 is 19.1 Å². The fourth-order valence-corrected chi connectivity index (χ4v) is 5.30. The van der Waals surface area contributed by atoms with Gasteiger partial charge in [-0.2, -0.15) is 0 Å². The molecule has 0 saturated carbocycles. The highest BCUT2D eigenvalue weighted by molar-refractivity contribution is 7.89. The maximum Gasteiger partial charge on any atom is 0.241 e. The van der Waals surface area contributed by atoms with Crippen LogP contribution in [0.4, 0.5) is 5.69 Å². The van der Waals surface area contributed by atoms with Gasteiger partial charge in [-0.1, -0.05) is 19.9 Å². The highest BCUT2D eigenvalue weighted by Crippen LogP contribution is 2.35. The molecule has 1 atom stereocenters. The van der Waals surface area contributed by atoms with Crippen LogP contribution in [0.5, 0.6) is 11.5 Å². The third kappa shape index (κ3) is 4.70. The molecule has 4 rings (SSSR count). The molecule has 2 aliphatic rings. The summed E-state index contributed by atoms with van der Waals surface area (Å²) in [6.45, 7) is 5.78. The lowest BCUT2D eigenvalue weighted by atomic mass is 9.97. The molecule has 1 unspecified atom stereocenters. The molecule has 166 valence electrons. The van der Waals surface area contributed by atoms with Crippen LogP contribution in [-0.4, -0.2) is 34.1 Å². The van der Waals surface area contributed by atoms with E-state index in [4.69, 9.17) is 9.47 Å². The molecular weight excluding hydrogens is 416 g/mol. The number of ether oxygens (including phenoxy) is 2. The predicted molar refractivity (Wildman–Crippen MR) is 118 cm³/mol. The number of hydrogen-bond acceptors (Lipinski definition) is 5. The largest absolute Gasteiger partial charge is 0.490 e. The maximum atomic E-state index is 13.1. The van der Waals surface area contributed by atoms with Crippen molar-refractivity contribution in [2.45, 2.75) is 44.0 Å². The molecule has 2 aromatic carbocycles. The Bertz CT molecular complexity index is 1050. The second kappa shape index (κ2) is 8.88. The predicted octanol–water partition coefficient (Wildman–Crippen LogP) is 3.65. The van der Waals surface area contributed by atoms with Gasteiger partial charge in [0.1, 0.15) is 0 Å². The van der Waals surface area contributed by atoms with E-state index in [9.17, 15) is 13.2 Å². The van der Waals surface area contributed by atoms with Gasteiger partial charge in [0.25, 0.3) is 0 Å². The van der Waals surface area contributed by atoms with Gasteiger partial charge in [0.2, 0.25) is 15.9 Å². The number of fused-ring (bicyclic) bond motifs is 1. The normalized spacial score (nSPS) is 17.6. The van der Waals surface area contributed by atoms with Crippen LogP contribution in [0.3, 0.4) is 0 Å². The SMILES string of the molecule is CC(C)C(NS(=O)(=O)c1ccc(N2CCCC2=O)cc1)c1ccc2c(c1)OCCCO2. The number of amides is 1. The number of anilines is 1. The summed E-state index contributed by atoms with van der Waals surface area (Å²) in [4.78, 5) is 13.8. The smallest absolute Gasteiger partial charge is 0.241 e. The maximum absolute atomic E-state index is 13.1. The van der Waals surface area contributed by atoms with Gasteiger partial charge in [-0.05, 0) is 54.3 Å². The number of nitrogens with zero attached hydrogens (tertiary/aromatic N) is 1. The Labute approximate surface area is 183 Å². The number of benzene rings is 2. The van der Waals surface area contributed by atoms with Crippen molar-refractivity contribution in [2.24, 2.45) is 5.92 Å². The Hall–Kier alpha value is -2.58. The molecule has 1 amide bonds. The lowest BCUT2D eigenvalue weighted by Gasteiger charge is -2.24. The van der Waals surface area contributed by atoms with Crippen LogP contribution in [0.15, 0.2) is 47.4 Å². The Kier molecular flexibility index (Phi) is 6.20. The number of rotatable bonds is 6. The molecule has 0 aromatic heterocycles. The van der Waals surface area contributed by atoms with Crippen LogP contribution in [-0.2, 0) is 14.8 Å². The molecule has 0 bridgehead atoms. The first-order valence-corrected chi connectivity index (χ1v) is 12.2. The lowest BCUT2D eigenvalue weighted by Crippen LogP contribution is -2.32. The Morgan fingerprint density at radius 2 is 1.68 bits per heavy atom. The molecule has 0 radical (unpaired) electrons. The van der Waals surface area contributed by atoms with E-state index in [0.717, 1.165) is 24.1 Å². The van der Waals surface area contributed by atoms with E-state index < -0.39 is 16.1 Å². The zero-order valence-electron chi connectivity index (χ0n) is 17.8. The number of sulfonamides is 1. The van der Waals surface area contributed by atoms with Crippen molar-refractivity contribution in [3.8, 4) is 11.5 Å². The average Bonchev–Trinajstić information content (AvgIpc) is 3.04. The topological polar surface area (TPSA) is 84.9 Å². The summed E-state index contributed by atoms with van der Waals surface area (Å²) in [5.74, 6) is 1.40. The summed E-state index contributed by atoms with van der Waals surface area (Å²) in [6, 6.07) is 11.6. The minimum atomic E-state index is -3.76. The minimum absolute atomic E-state index is 0.0148. The summed E-state index contributed by atoms with van der Waals surface area (Å²) in [5, 5.41) is 0. The molecule has 2 heterocycles. The average molecular weight is 445 g/mol. The highest BCUT2D eigenvalue weighted by Gasteiger charge is 2.26. The second-order valence-electron chi connectivity index (χ2n) is 8.24. The lowest BCUT2D eigenvalue weighted by molar-refractivity contribution is -0.117. The zero-order chi connectivity index (χ0) is 22.0. The third-order valence-corrected chi connectivity index (χ3v) is 7.07. The van der Waals surface area contributed by atoms with Crippen molar-refractivity contribution in [2.75, 3.05) is 24.7 Å². The molecule has 0 aliphatic carbocycles. The van der Waals surface area contributed by atoms with E-state index in [1.165, 1.54) is 0 Å². The molecule has 2 aliphatic heterocycles. The first-order chi connectivity index (χ1) is 14.8. The fraction of sp³-hybridized carbons (Fsp3) is 0.435. The van der Waals surface area contributed by atoms with E-state index in [1.807, 2.05) is 32.0 Å². The van der Waals surface area contributed by atoms with Gasteiger partial charge in [0.05, 0.1) is 18.1 Å². The van der Waals surface area contributed by atoms with Gasteiger partial charge in [-0.3, -0.25) is 4.79 Å². The molecule has 8 heteroatoms. The van der Waals surface area contributed by atoms with Crippen molar-refractivity contribution in [1.82, 2.24) is 4.72 Å². The molecule has 1 N–H and O–H groups in total. The van der Waals surface area contributed by atoms with Crippen LogP contribution >= 0.6 is 0 Å². The van der Waals surface area contributed by atoms with Gasteiger partial charge < -0.3 is 14.4 Å². The summed E-state index contributed by atoms with van der Waals surface area (Å²) in [7, 11) is -3.76. The van der Waals surface area contributed by atoms with E-state index in [-0.39, 0.29) is 16.7 Å². The molecule has 1 saturated heterocycles. The Morgan fingerprint density at radius 3 is 2.32 bits per heavy atom. The van der Waals surface area contributed by atoms with E-state index in [0.29, 0.717) is 37.7 Å². The summed E-state index contributed by atoms with van der Waals surface area (Å²) < 4.78 is 40.5. The van der Waals surface area contributed by atoms with Crippen molar-refractivity contribution < 1.29 is 22.7 Å². The van der Waals surface area contributed by atoms with E-state index in [1.54, 1.807) is 29.2 Å². The van der Waals surface area contributed by atoms with Gasteiger partial charge in [-0.15, -0.1) is 0 Å². The van der Waals surface area contributed by atoms with Crippen molar-refractivity contribution in [3.05, 3.63) is 48.0 Å². The molecule has 0 spiro atoms. The number of carbonyl (C=O) groups excluding carboxylic acids is 1. The minimum Gasteiger partial charge on any atom is -0.490 e. The Balaban J connectivity index is 1.56. The fourth-order valence-electron chi connectivity index (χ4n) is 3.92. The van der Waals surface area contributed by atoms with Crippen LogP contribution in [0.2, 0.25) is 0 Å². The van der Waals surface area contributed by atoms with Crippen LogP contribution in [0.25, 0.3) is 0 Å². The van der Waals surface area contributed by atoms with Gasteiger partial charge >= 0.3 is 0 Å². The number of nitrogens with one attached hydrogen (secondary N) is 1. The third-order valence-electron chi connectivity index (χ3n) is 5.61. The van der Waals surface area contributed by atoms with E-state index >= 15 is 0 Å². The summed E-state index contributed by atoms with van der Waals surface area (Å²) in [5.41, 5.74) is 1.55. The quantitative estimate of drug-likeness (QED) is 0.735. The highest BCUT2D eigenvalue weighted by atomic mass is 32.2. The Morgan fingerprint density at radius 1 is 0.968 bits per heavy atom. The van der Waals surface area contributed by atoms with Crippen molar-refractivity contribution in [1.29, 1.82) is 0 Å². The van der Waals surface area contributed by atoms with Gasteiger partial charge in [0, 0.05) is 31.1 Å². The molecule has 1 fully saturated rings. The summed E-state index contributed by atoms with van der Waals surface area (Å²) >= 11 is 0. The first-order valence-electron chi connectivity index (χ1n) is 10.7.